The van der Waals surface area contributed by atoms with Gasteiger partial charge in [0.25, 0.3) is 0 Å². The number of nitrogens with one attached hydrogen (secondary N) is 1. The SMILES string of the molecule is CC.CC.CCC(=O)NC.CS.Cc1nc2c(cc1Cl)COC21CCN(C(=O)OC(C)(C)C)CC1. The van der Waals surface area contributed by atoms with Crippen LogP contribution in [0.1, 0.15) is 91.6 Å². The van der Waals surface area contributed by atoms with Gasteiger partial charge in [0.05, 0.1) is 23.0 Å². The lowest BCUT2D eigenvalue weighted by Gasteiger charge is -2.39. The van der Waals surface area contributed by atoms with Gasteiger partial charge in [-0.1, -0.05) is 46.2 Å². The van der Waals surface area contributed by atoms with Crippen LogP contribution in [0.25, 0.3) is 0 Å². The van der Waals surface area contributed by atoms with E-state index in [4.69, 9.17) is 21.1 Å². The van der Waals surface area contributed by atoms with Crippen molar-refractivity contribution in [3.8, 4) is 0 Å². The fourth-order valence-corrected chi connectivity index (χ4v) is 3.52. The molecule has 1 N–H and O–H groups in total. The molecule has 7 nitrogen and oxygen atoms in total. The number of halogens is 1. The number of aromatic nitrogens is 1. The monoisotopic (exact) mass is 533 g/mol. The van der Waals surface area contributed by atoms with Crippen LogP contribution >= 0.6 is 24.2 Å². The Morgan fingerprint density at radius 2 is 1.71 bits per heavy atom. The van der Waals surface area contributed by atoms with Crippen LogP contribution in [-0.2, 0) is 26.5 Å². The first-order valence-electron chi connectivity index (χ1n) is 12.4. The lowest BCUT2D eigenvalue weighted by molar-refractivity contribution is -0.120. The predicted molar refractivity (Wildman–Crippen MR) is 149 cm³/mol. The minimum Gasteiger partial charge on any atom is -0.444 e. The molecule has 2 aliphatic rings. The summed E-state index contributed by atoms with van der Waals surface area (Å²) in [6.45, 7) is 19.1. The van der Waals surface area contributed by atoms with Gasteiger partial charge in [0, 0.05) is 32.1 Å². The maximum absolute atomic E-state index is 12.2. The van der Waals surface area contributed by atoms with Gasteiger partial charge >= 0.3 is 6.09 Å². The highest BCUT2D eigenvalue weighted by Gasteiger charge is 2.45. The van der Waals surface area contributed by atoms with Crippen LogP contribution in [0, 0.1) is 6.92 Å². The van der Waals surface area contributed by atoms with Crippen molar-refractivity contribution in [1.82, 2.24) is 15.2 Å². The summed E-state index contributed by atoms with van der Waals surface area (Å²) in [5.74, 6) is 0.0926. The molecule has 0 atom stereocenters. The van der Waals surface area contributed by atoms with E-state index in [2.05, 4.69) is 22.9 Å². The Kier molecular flexibility index (Phi) is 18.2. The fourth-order valence-electron chi connectivity index (χ4n) is 3.34. The molecule has 0 saturated carbocycles. The quantitative estimate of drug-likeness (QED) is 0.400. The Labute approximate surface area is 224 Å². The molecule has 3 rings (SSSR count). The number of likely N-dealkylation sites (tertiary alicyclic amines) is 1. The largest absolute Gasteiger partial charge is 0.444 e. The van der Waals surface area contributed by atoms with E-state index in [9.17, 15) is 9.59 Å². The van der Waals surface area contributed by atoms with E-state index in [-0.39, 0.29) is 17.6 Å². The van der Waals surface area contributed by atoms with E-state index < -0.39 is 5.60 Å². The molecule has 1 fully saturated rings. The Morgan fingerprint density at radius 3 is 2.11 bits per heavy atom. The van der Waals surface area contributed by atoms with Crippen molar-refractivity contribution < 1.29 is 19.1 Å². The van der Waals surface area contributed by atoms with E-state index in [0.717, 1.165) is 29.8 Å². The number of carbonyl (C=O) groups excluding carboxylic acids is 2. The van der Waals surface area contributed by atoms with Crippen molar-refractivity contribution in [2.45, 2.75) is 99.4 Å². The molecule has 1 saturated heterocycles. The maximum atomic E-state index is 12.2. The zero-order valence-electron chi connectivity index (χ0n) is 23.7. The van der Waals surface area contributed by atoms with E-state index in [0.29, 0.717) is 31.1 Å². The Morgan fingerprint density at radius 1 is 1.20 bits per heavy atom. The number of hydrogen-bond donors (Lipinski definition) is 2. The van der Waals surface area contributed by atoms with Gasteiger partial charge in [0.2, 0.25) is 5.91 Å². The second kappa shape index (κ2) is 17.8. The van der Waals surface area contributed by atoms with Crippen molar-refractivity contribution in [3.05, 3.63) is 28.0 Å². The number of aryl methyl sites for hydroxylation is 1. The van der Waals surface area contributed by atoms with Crippen molar-refractivity contribution in [2.24, 2.45) is 0 Å². The molecule has 1 aromatic rings. The molecule has 35 heavy (non-hydrogen) atoms. The number of nitrogens with zero attached hydrogens (tertiary/aromatic N) is 2. The third kappa shape index (κ3) is 11.4. The molecule has 3 heterocycles. The Hall–Kier alpha value is -1.51. The third-order valence-electron chi connectivity index (χ3n) is 4.99. The molecule has 0 aromatic carbocycles. The van der Waals surface area contributed by atoms with Gasteiger partial charge < -0.3 is 19.7 Å². The number of carbonyl (C=O) groups is 2. The molecule has 2 aliphatic heterocycles. The summed E-state index contributed by atoms with van der Waals surface area (Å²) in [7, 11) is 1.63. The second-order valence-corrected chi connectivity index (χ2v) is 8.75. The smallest absolute Gasteiger partial charge is 0.410 e. The number of hydrogen-bond acceptors (Lipinski definition) is 6. The standard InChI is InChI=1S/C17H23ClN2O3.C4H9NO.2C2H6.CH4S/c1-11-13(18)9-12-10-22-17(14(12)19-11)5-7-20(8-6-17)15(21)23-16(2,3)4;1-3-4(6)5-2;3*1-2/h9H,5-8,10H2,1-4H3;3H2,1-2H3,(H,5,6);2*1-2H3;2H,1H3. The highest BCUT2D eigenvalue weighted by Crippen LogP contribution is 2.44. The van der Waals surface area contributed by atoms with Crippen LogP contribution in [-0.4, -0.2) is 53.9 Å². The number of fused-ring (bicyclic) bond motifs is 2. The molecule has 1 spiro atoms. The first-order chi connectivity index (χ1) is 16.5. The van der Waals surface area contributed by atoms with E-state index in [1.54, 1.807) is 18.2 Å². The molecule has 0 bridgehead atoms. The van der Waals surface area contributed by atoms with Gasteiger partial charge in [-0.25, -0.2) is 4.79 Å². The Balaban J connectivity index is 0. The normalized spacial score (nSPS) is 14.8. The van der Waals surface area contributed by atoms with Gasteiger partial charge in [0.1, 0.15) is 11.2 Å². The third-order valence-corrected chi connectivity index (χ3v) is 5.37. The molecule has 0 aliphatic carbocycles. The summed E-state index contributed by atoms with van der Waals surface area (Å²) in [5, 5.41) is 3.15. The van der Waals surface area contributed by atoms with Crippen LogP contribution in [0.3, 0.4) is 0 Å². The second-order valence-electron chi connectivity index (χ2n) is 8.34. The van der Waals surface area contributed by atoms with Crippen LogP contribution < -0.4 is 5.32 Å². The average molecular weight is 534 g/mol. The van der Waals surface area contributed by atoms with Crippen LogP contribution in [0.4, 0.5) is 4.79 Å². The number of pyridine rings is 1. The average Bonchev–Trinajstić information content (AvgIpc) is 3.18. The van der Waals surface area contributed by atoms with Crippen molar-refractivity contribution in [2.75, 3.05) is 26.4 Å². The summed E-state index contributed by atoms with van der Waals surface area (Å²) in [6.07, 6.45) is 3.47. The molecule has 0 radical (unpaired) electrons. The number of thiol groups is 1. The molecule has 9 heteroatoms. The van der Waals surface area contributed by atoms with Gasteiger partial charge in [-0.3, -0.25) is 9.78 Å². The lowest BCUT2D eigenvalue weighted by atomic mass is 9.87. The number of ether oxygens (including phenoxy) is 2. The molecular weight excluding hydrogens is 486 g/mol. The zero-order valence-corrected chi connectivity index (χ0v) is 25.3. The van der Waals surface area contributed by atoms with E-state index in [1.807, 2.05) is 68.4 Å². The van der Waals surface area contributed by atoms with Crippen LogP contribution in [0.5, 0.6) is 0 Å². The highest BCUT2D eigenvalue weighted by molar-refractivity contribution is 7.79. The zero-order chi connectivity index (χ0) is 27.8. The van der Waals surface area contributed by atoms with Crippen LogP contribution in [0.15, 0.2) is 6.07 Å². The Bertz CT molecular complexity index is 756. The highest BCUT2D eigenvalue weighted by atomic mass is 35.5. The summed E-state index contributed by atoms with van der Waals surface area (Å²) in [5.41, 5.74) is 2.01. The summed E-state index contributed by atoms with van der Waals surface area (Å²) in [4.78, 5) is 28.7. The minimum absolute atomic E-state index is 0.0926. The van der Waals surface area contributed by atoms with Crippen molar-refractivity contribution in [3.63, 3.8) is 0 Å². The number of piperidine rings is 1. The molecular formula is C26H48ClN3O4S. The van der Waals surface area contributed by atoms with Gasteiger partial charge in [-0.15, -0.1) is 0 Å². The van der Waals surface area contributed by atoms with Gasteiger partial charge in [-0.05, 0) is 52.9 Å². The maximum Gasteiger partial charge on any atom is 0.410 e. The molecule has 0 unspecified atom stereocenters. The molecule has 1 aromatic heterocycles. The minimum atomic E-state index is -0.474. The fraction of sp³-hybridized carbons (Fsp3) is 0.731. The lowest BCUT2D eigenvalue weighted by Crippen LogP contribution is -2.47. The topological polar surface area (TPSA) is 80.8 Å². The summed E-state index contributed by atoms with van der Waals surface area (Å²) < 4.78 is 11.5. The van der Waals surface area contributed by atoms with Crippen molar-refractivity contribution >= 4 is 36.2 Å². The number of rotatable bonds is 1. The van der Waals surface area contributed by atoms with Crippen LogP contribution in [0.2, 0.25) is 5.02 Å². The first-order valence-corrected chi connectivity index (χ1v) is 13.7. The first kappa shape index (κ1) is 35.7. The molecule has 2 amide bonds. The van der Waals surface area contributed by atoms with Crippen molar-refractivity contribution in [1.29, 1.82) is 0 Å². The predicted octanol–water partition coefficient (Wildman–Crippen LogP) is 6.54. The van der Waals surface area contributed by atoms with Gasteiger partial charge in [0.15, 0.2) is 0 Å². The molecule has 204 valence electrons. The summed E-state index contributed by atoms with van der Waals surface area (Å²) in [6, 6.07) is 1.95. The van der Waals surface area contributed by atoms with E-state index >= 15 is 0 Å². The van der Waals surface area contributed by atoms with Gasteiger partial charge in [-0.2, -0.15) is 12.6 Å². The number of amides is 2. The van der Waals surface area contributed by atoms with E-state index in [1.165, 1.54) is 0 Å². The summed E-state index contributed by atoms with van der Waals surface area (Å²) >= 11 is 9.69.